The number of methoxy groups -OCH3 is 1. The zero-order chi connectivity index (χ0) is 15.0. The predicted octanol–water partition coefficient (Wildman–Crippen LogP) is 2.97. The van der Waals surface area contributed by atoms with Crippen molar-refractivity contribution in [2.75, 3.05) is 25.6 Å². The first-order chi connectivity index (χ1) is 9.56. The first-order valence-electron chi connectivity index (χ1n) is 7.19. The van der Waals surface area contributed by atoms with Crippen molar-refractivity contribution >= 4 is 11.6 Å². The fraction of sp³-hybridized carbons (Fsp3) is 0.562. The number of nitrogens with one attached hydrogen (secondary N) is 2. The molecule has 1 aromatic carbocycles. The highest BCUT2D eigenvalue weighted by atomic mass is 16.5. The first-order valence-corrected chi connectivity index (χ1v) is 7.19. The van der Waals surface area contributed by atoms with E-state index in [2.05, 4.69) is 30.5 Å². The molecule has 0 aliphatic carbocycles. The number of anilines is 1. The standard InChI is InChI=1S/C16H26N2O2/c1-5-17-13(3)14-7-6-8-15(10-14)18-16(19)9-12(2)11-20-4/h6-8,10,12-13,17H,5,9,11H2,1-4H3,(H,18,19). The highest BCUT2D eigenvalue weighted by molar-refractivity contribution is 5.90. The molecule has 4 heteroatoms. The van der Waals surface area contributed by atoms with E-state index in [1.165, 1.54) is 5.56 Å². The number of carbonyl (C=O) groups excluding carboxylic acids is 1. The third-order valence-corrected chi connectivity index (χ3v) is 3.17. The molecule has 0 saturated carbocycles. The summed E-state index contributed by atoms with van der Waals surface area (Å²) in [5.74, 6) is 0.256. The molecular formula is C16H26N2O2. The van der Waals surface area contributed by atoms with Crippen LogP contribution in [0.1, 0.15) is 38.8 Å². The third-order valence-electron chi connectivity index (χ3n) is 3.17. The van der Waals surface area contributed by atoms with Gasteiger partial charge < -0.3 is 15.4 Å². The average Bonchev–Trinajstić information content (AvgIpc) is 2.39. The maximum atomic E-state index is 11.9. The second kappa shape index (κ2) is 8.72. The van der Waals surface area contributed by atoms with Crippen molar-refractivity contribution in [3.8, 4) is 0 Å². The van der Waals surface area contributed by atoms with E-state index < -0.39 is 0 Å². The van der Waals surface area contributed by atoms with E-state index in [-0.39, 0.29) is 17.9 Å². The molecule has 0 aliphatic rings. The topological polar surface area (TPSA) is 50.4 Å². The van der Waals surface area contributed by atoms with Crippen LogP contribution in [-0.4, -0.2) is 26.2 Å². The molecule has 1 amide bonds. The van der Waals surface area contributed by atoms with E-state index in [0.29, 0.717) is 13.0 Å². The zero-order valence-corrected chi connectivity index (χ0v) is 12.9. The maximum Gasteiger partial charge on any atom is 0.224 e. The van der Waals surface area contributed by atoms with Gasteiger partial charge >= 0.3 is 0 Å². The number of hydrogen-bond acceptors (Lipinski definition) is 3. The van der Waals surface area contributed by atoms with Crippen LogP contribution >= 0.6 is 0 Å². The Labute approximate surface area is 121 Å². The lowest BCUT2D eigenvalue weighted by atomic mass is 10.1. The SMILES string of the molecule is CCNC(C)c1cccc(NC(=O)CC(C)COC)c1. The molecule has 0 fully saturated rings. The number of hydrogen-bond donors (Lipinski definition) is 2. The van der Waals surface area contributed by atoms with E-state index >= 15 is 0 Å². The minimum Gasteiger partial charge on any atom is -0.384 e. The van der Waals surface area contributed by atoms with Gasteiger partial charge in [0.2, 0.25) is 5.91 Å². The summed E-state index contributed by atoms with van der Waals surface area (Å²) in [7, 11) is 1.65. The molecule has 4 nitrogen and oxygen atoms in total. The van der Waals surface area contributed by atoms with Gasteiger partial charge in [0.1, 0.15) is 0 Å². The van der Waals surface area contributed by atoms with Crippen molar-refractivity contribution in [3.63, 3.8) is 0 Å². The van der Waals surface area contributed by atoms with Crippen LogP contribution in [0.2, 0.25) is 0 Å². The van der Waals surface area contributed by atoms with E-state index in [1.807, 2.05) is 25.1 Å². The van der Waals surface area contributed by atoms with Crippen molar-refractivity contribution in [3.05, 3.63) is 29.8 Å². The molecule has 0 heterocycles. The Morgan fingerprint density at radius 1 is 1.35 bits per heavy atom. The van der Waals surface area contributed by atoms with Gasteiger partial charge in [-0.25, -0.2) is 0 Å². The molecule has 2 N–H and O–H groups in total. The van der Waals surface area contributed by atoms with Gasteiger partial charge in [-0.15, -0.1) is 0 Å². The fourth-order valence-corrected chi connectivity index (χ4v) is 2.18. The lowest BCUT2D eigenvalue weighted by Crippen LogP contribution is -2.19. The summed E-state index contributed by atoms with van der Waals surface area (Å²) in [5, 5.41) is 6.31. The molecule has 0 saturated heterocycles. The minimum absolute atomic E-state index is 0.0304. The number of benzene rings is 1. The fourth-order valence-electron chi connectivity index (χ4n) is 2.18. The molecular weight excluding hydrogens is 252 g/mol. The Morgan fingerprint density at radius 3 is 2.75 bits per heavy atom. The number of carbonyl (C=O) groups is 1. The van der Waals surface area contributed by atoms with Crippen LogP contribution in [-0.2, 0) is 9.53 Å². The van der Waals surface area contributed by atoms with Gasteiger partial charge in [-0.2, -0.15) is 0 Å². The molecule has 2 atom stereocenters. The minimum atomic E-state index is 0.0304. The van der Waals surface area contributed by atoms with Crippen molar-refractivity contribution in [2.24, 2.45) is 5.92 Å². The molecule has 1 rings (SSSR count). The molecule has 0 bridgehead atoms. The van der Waals surface area contributed by atoms with Gasteiger partial charge in [-0.1, -0.05) is 26.0 Å². The van der Waals surface area contributed by atoms with Gasteiger partial charge in [0.05, 0.1) is 0 Å². The van der Waals surface area contributed by atoms with Crippen molar-refractivity contribution < 1.29 is 9.53 Å². The summed E-state index contributed by atoms with van der Waals surface area (Å²) in [6.07, 6.45) is 0.473. The average molecular weight is 278 g/mol. The summed E-state index contributed by atoms with van der Waals surface area (Å²) in [4.78, 5) is 11.9. The van der Waals surface area contributed by atoms with E-state index in [1.54, 1.807) is 7.11 Å². The zero-order valence-electron chi connectivity index (χ0n) is 12.9. The van der Waals surface area contributed by atoms with Gasteiger partial charge in [0, 0.05) is 31.9 Å². The van der Waals surface area contributed by atoms with Crippen LogP contribution in [0.15, 0.2) is 24.3 Å². The second-order valence-electron chi connectivity index (χ2n) is 5.22. The van der Waals surface area contributed by atoms with Crippen molar-refractivity contribution in [2.45, 2.75) is 33.2 Å². The monoisotopic (exact) mass is 278 g/mol. The molecule has 0 radical (unpaired) electrons. The second-order valence-corrected chi connectivity index (χ2v) is 5.22. The highest BCUT2D eigenvalue weighted by Gasteiger charge is 2.10. The third kappa shape index (κ3) is 5.72. The van der Waals surface area contributed by atoms with Crippen molar-refractivity contribution in [1.29, 1.82) is 0 Å². The lowest BCUT2D eigenvalue weighted by molar-refractivity contribution is -0.117. The van der Waals surface area contributed by atoms with Crippen LogP contribution in [0.5, 0.6) is 0 Å². The van der Waals surface area contributed by atoms with Crippen LogP contribution in [0, 0.1) is 5.92 Å². The predicted molar refractivity (Wildman–Crippen MR) is 82.8 cm³/mol. The molecule has 0 aliphatic heterocycles. The highest BCUT2D eigenvalue weighted by Crippen LogP contribution is 2.17. The van der Waals surface area contributed by atoms with E-state index in [4.69, 9.17) is 4.74 Å². The Bertz CT molecular complexity index is 421. The molecule has 112 valence electrons. The smallest absolute Gasteiger partial charge is 0.224 e. The van der Waals surface area contributed by atoms with Crippen LogP contribution in [0.25, 0.3) is 0 Å². The molecule has 20 heavy (non-hydrogen) atoms. The number of amides is 1. The quantitative estimate of drug-likeness (QED) is 0.768. The van der Waals surface area contributed by atoms with Crippen LogP contribution in [0.3, 0.4) is 0 Å². The normalized spacial score (nSPS) is 13.8. The Morgan fingerprint density at radius 2 is 2.10 bits per heavy atom. The van der Waals surface area contributed by atoms with E-state index in [9.17, 15) is 4.79 Å². The van der Waals surface area contributed by atoms with Crippen LogP contribution < -0.4 is 10.6 Å². The Hall–Kier alpha value is -1.39. The number of rotatable bonds is 8. The summed E-state index contributed by atoms with van der Waals surface area (Å²) < 4.78 is 5.04. The maximum absolute atomic E-state index is 11.9. The lowest BCUT2D eigenvalue weighted by Gasteiger charge is -2.15. The largest absolute Gasteiger partial charge is 0.384 e. The van der Waals surface area contributed by atoms with Crippen LogP contribution in [0.4, 0.5) is 5.69 Å². The van der Waals surface area contributed by atoms with Gasteiger partial charge in [0.15, 0.2) is 0 Å². The van der Waals surface area contributed by atoms with E-state index in [0.717, 1.165) is 12.2 Å². The van der Waals surface area contributed by atoms with Gasteiger partial charge in [-0.3, -0.25) is 4.79 Å². The molecule has 0 aromatic heterocycles. The molecule has 2 unspecified atom stereocenters. The summed E-state index contributed by atoms with van der Waals surface area (Å²) in [6, 6.07) is 8.26. The molecule has 0 spiro atoms. The van der Waals surface area contributed by atoms with Gasteiger partial charge in [-0.05, 0) is 37.1 Å². The Kier molecular flexibility index (Phi) is 7.26. The summed E-state index contributed by atoms with van der Waals surface area (Å²) in [6.45, 7) is 7.73. The van der Waals surface area contributed by atoms with Crippen molar-refractivity contribution in [1.82, 2.24) is 5.32 Å². The van der Waals surface area contributed by atoms with Gasteiger partial charge in [0.25, 0.3) is 0 Å². The summed E-state index contributed by atoms with van der Waals surface area (Å²) in [5.41, 5.74) is 2.02. The Balaban J connectivity index is 2.59. The summed E-state index contributed by atoms with van der Waals surface area (Å²) >= 11 is 0. The first kappa shape index (κ1) is 16.7. The molecule has 1 aromatic rings. The number of ether oxygens (including phenoxy) is 1.